The third-order valence-corrected chi connectivity index (χ3v) is 2.15. The fourth-order valence-electron chi connectivity index (χ4n) is 1.27. The standard InChI is InChI=1S/C9H14N4O2/c1-11-3-2-8(14)9(15)6-5-12-13-7(6)4-10/h5,8-9,11,14-15H,2-3H2,1H3,(H,12,13). The van der Waals surface area contributed by atoms with Crippen LogP contribution in [0.15, 0.2) is 6.20 Å². The number of aromatic amines is 1. The molecule has 0 amide bonds. The van der Waals surface area contributed by atoms with Crippen LogP contribution in [-0.2, 0) is 0 Å². The molecule has 82 valence electrons. The first-order valence-electron chi connectivity index (χ1n) is 4.64. The summed E-state index contributed by atoms with van der Waals surface area (Å²) in [6, 6.07) is 1.86. The fraction of sp³-hybridized carbons (Fsp3) is 0.556. The quantitative estimate of drug-likeness (QED) is 0.513. The second-order valence-electron chi connectivity index (χ2n) is 3.22. The molecule has 6 nitrogen and oxygen atoms in total. The third kappa shape index (κ3) is 2.76. The molecule has 4 N–H and O–H groups in total. The average Bonchev–Trinajstić information content (AvgIpc) is 2.72. The predicted octanol–water partition coefficient (Wildman–Crippen LogP) is -0.715. The summed E-state index contributed by atoms with van der Waals surface area (Å²) in [5.41, 5.74) is 0.520. The summed E-state index contributed by atoms with van der Waals surface area (Å²) in [6.45, 7) is 0.595. The summed E-state index contributed by atoms with van der Waals surface area (Å²) in [5, 5.41) is 37.0. The van der Waals surface area contributed by atoms with Crippen LogP contribution < -0.4 is 5.32 Å². The van der Waals surface area contributed by atoms with E-state index in [2.05, 4.69) is 15.5 Å². The van der Waals surface area contributed by atoms with Gasteiger partial charge in [-0.1, -0.05) is 0 Å². The molecule has 0 saturated heterocycles. The van der Waals surface area contributed by atoms with Gasteiger partial charge in [0.05, 0.1) is 12.3 Å². The predicted molar refractivity (Wildman–Crippen MR) is 52.8 cm³/mol. The highest BCUT2D eigenvalue weighted by molar-refractivity contribution is 5.30. The van der Waals surface area contributed by atoms with Crippen LogP contribution >= 0.6 is 0 Å². The molecule has 1 aromatic rings. The second kappa shape index (κ2) is 5.46. The normalized spacial score (nSPS) is 14.5. The Morgan fingerprint density at radius 1 is 1.67 bits per heavy atom. The van der Waals surface area contributed by atoms with E-state index in [1.165, 1.54) is 6.20 Å². The number of rotatable bonds is 5. The zero-order chi connectivity index (χ0) is 11.3. The number of H-pyrrole nitrogens is 1. The number of aliphatic hydroxyl groups excluding tert-OH is 2. The minimum atomic E-state index is -1.08. The average molecular weight is 210 g/mol. The maximum Gasteiger partial charge on any atom is 0.141 e. The smallest absolute Gasteiger partial charge is 0.141 e. The molecule has 0 aliphatic heterocycles. The van der Waals surface area contributed by atoms with Gasteiger partial charge in [0.25, 0.3) is 0 Å². The van der Waals surface area contributed by atoms with Gasteiger partial charge in [0, 0.05) is 5.56 Å². The van der Waals surface area contributed by atoms with Gasteiger partial charge >= 0.3 is 0 Å². The van der Waals surface area contributed by atoms with Gasteiger partial charge in [0.2, 0.25) is 0 Å². The van der Waals surface area contributed by atoms with Gasteiger partial charge < -0.3 is 15.5 Å². The van der Waals surface area contributed by atoms with Gasteiger partial charge in [-0.3, -0.25) is 5.10 Å². The fourth-order valence-corrected chi connectivity index (χ4v) is 1.27. The molecule has 0 spiro atoms. The van der Waals surface area contributed by atoms with Crippen molar-refractivity contribution in [3.63, 3.8) is 0 Å². The molecule has 0 saturated carbocycles. The van der Waals surface area contributed by atoms with E-state index in [-0.39, 0.29) is 5.69 Å². The van der Waals surface area contributed by atoms with Crippen molar-refractivity contribution >= 4 is 0 Å². The number of nitriles is 1. The van der Waals surface area contributed by atoms with Crippen LogP contribution in [0.2, 0.25) is 0 Å². The third-order valence-electron chi connectivity index (χ3n) is 2.15. The van der Waals surface area contributed by atoms with E-state index in [0.717, 1.165) is 0 Å². The highest BCUT2D eigenvalue weighted by atomic mass is 16.3. The molecule has 2 atom stereocenters. The molecule has 1 aromatic heterocycles. The number of nitrogens with zero attached hydrogens (tertiary/aromatic N) is 2. The Kier molecular flexibility index (Phi) is 4.24. The Hall–Kier alpha value is -1.42. The molecule has 0 radical (unpaired) electrons. The number of aromatic nitrogens is 2. The SMILES string of the molecule is CNCCC(O)C(O)c1cn[nH]c1C#N. The Labute approximate surface area is 87.5 Å². The zero-order valence-electron chi connectivity index (χ0n) is 8.44. The Morgan fingerprint density at radius 2 is 2.40 bits per heavy atom. The van der Waals surface area contributed by atoms with E-state index >= 15 is 0 Å². The van der Waals surface area contributed by atoms with Crippen LogP contribution in [0, 0.1) is 11.3 Å². The van der Waals surface area contributed by atoms with Gasteiger partial charge in [0.15, 0.2) is 0 Å². The van der Waals surface area contributed by atoms with Gasteiger partial charge in [0.1, 0.15) is 17.9 Å². The molecule has 6 heteroatoms. The van der Waals surface area contributed by atoms with Crippen molar-refractivity contribution in [2.24, 2.45) is 0 Å². The zero-order valence-corrected chi connectivity index (χ0v) is 8.44. The molecular formula is C9H14N4O2. The van der Waals surface area contributed by atoms with Crippen molar-refractivity contribution in [2.45, 2.75) is 18.6 Å². The maximum absolute atomic E-state index is 9.73. The molecule has 0 fully saturated rings. The van der Waals surface area contributed by atoms with Crippen molar-refractivity contribution in [3.8, 4) is 6.07 Å². The maximum atomic E-state index is 9.73. The number of hydrogen-bond donors (Lipinski definition) is 4. The highest BCUT2D eigenvalue weighted by Gasteiger charge is 2.22. The van der Waals surface area contributed by atoms with Crippen molar-refractivity contribution in [3.05, 3.63) is 17.5 Å². The lowest BCUT2D eigenvalue weighted by atomic mass is 10.0. The monoisotopic (exact) mass is 210 g/mol. The van der Waals surface area contributed by atoms with E-state index in [0.29, 0.717) is 18.5 Å². The summed E-state index contributed by atoms with van der Waals surface area (Å²) in [4.78, 5) is 0. The number of nitrogens with one attached hydrogen (secondary N) is 2. The minimum Gasteiger partial charge on any atom is -0.390 e. The number of hydrogen-bond acceptors (Lipinski definition) is 5. The molecule has 1 rings (SSSR count). The molecule has 2 unspecified atom stereocenters. The summed E-state index contributed by atoms with van der Waals surface area (Å²) in [6.07, 6.45) is -0.214. The van der Waals surface area contributed by atoms with Crippen molar-refractivity contribution in [2.75, 3.05) is 13.6 Å². The van der Waals surface area contributed by atoms with E-state index in [1.807, 2.05) is 6.07 Å². The van der Waals surface area contributed by atoms with Gasteiger partial charge in [-0.2, -0.15) is 10.4 Å². The van der Waals surface area contributed by atoms with E-state index in [4.69, 9.17) is 5.26 Å². The molecular weight excluding hydrogens is 196 g/mol. The molecule has 15 heavy (non-hydrogen) atoms. The first-order valence-corrected chi connectivity index (χ1v) is 4.64. The van der Waals surface area contributed by atoms with Gasteiger partial charge in [-0.05, 0) is 20.0 Å². The van der Waals surface area contributed by atoms with Crippen LogP contribution in [0.1, 0.15) is 23.8 Å². The van der Waals surface area contributed by atoms with Crippen molar-refractivity contribution < 1.29 is 10.2 Å². The summed E-state index contributed by atoms with van der Waals surface area (Å²) in [5.74, 6) is 0. The summed E-state index contributed by atoms with van der Waals surface area (Å²) >= 11 is 0. The van der Waals surface area contributed by atoms with E-state index < -0.39 is 12.2 Å². The second-order valence-corrected chi connectivity index (χ2v) is 3.22. The summed E-state index contributed by atoms with van der Waals surface area (Å²) < 4.78 is 0. The van der Waals surface area contributed by atoms with Crippen LogP contribution in [-0.4, -0.2) is 40.1 Å². The van der Waals surface area contributed by atoms with Crippen molar-refractivity contribution in [1.29, 1.82) is 5.26 Å². The largest absolute Gasteiger partial charge is 0.390 e. The van der Waals surface area contributed by atoms with E-state index in [9.17, 15) is 10.2 Å². The molecule has 0 aromatic carbocycles. The lowest BCUT2D eigenvalue weighted by Gasteiger charge is -2.16. The van der Waals surface area contributed by atoms with Crippen LogP contribution in [0.4, 0.5) is 0 Å². The van der Waals surface area contributed by atoms with Gasteiger partial charge in [-0.25, -0.2) is 0 Å². The van der Waals surface area contributed by atoms with E-state index in [1.54, 1.807) is 7.05 Å². The topological polar surface area (TPSA) is 105 Å². The van der Waals surface area contributed by atoms with Crippen molar-refractivity contribution in [1.82, 2.24) is 15.5 Å². The van der Waals surface area contributed by atoms with Gasteiger partial charge in [-0.15, -0.1) is 0 Å². The lowest BCUT2D eigenvalue weighted by molar-refractivity contribution is 0.0139. The van der Waals surface area contributed by atoms with Crippen LogP contribution in [0.25, 0.3) is 0 Å². The van der Waals surface area contributed by atoms with Crippen LogP contribution in [0.5, 0.6) is 0 Å². The summed E-state index contributed by atoms with van der Waals surface area (Å²) in [7, 11) is 1.76. The first-order chi connectivity index (χ1) is 7.20. The minimum absolute atomic E-state index is 0.186. The Bertz CT molecular complexity index is 344. The first kappa shape index (κ1) is 11.7. The van der Waals surface area contributed by atoms with Crippen LogP contribution in [0.3, 0.4) is 0 Å². The molecule has 0 aliphatic carbocycles. The Balaban J connectivity index is 2.67. The lowest BCUT2D eigenvalue weighted by Crippen LogP contribution is -2.23. The molecule has 0 aliphatic rings. The molecule has 0 bridgehead atoms. The molecule has 1 heterocycles. The highest BCUT2D eigenvalue weighted by Crippen LogP contribution is 2.20. The number of aliphatic hydroxyl groups is 2. The Morgan fingerprint density at radius 3 is 3.00 bits per heavy atom.